The predicted octanol–water partition coefficient (Wildman–Crippen LogP) is 2.38. The second-order valence-electron chi connectivity index (χ2n) is 6.19. The summed E-state index contributed by atoms with van der Waals surface area (Å²) in [6, 6.07) is 8.03. The van der Waals surface area contributed by atoms with Gasteiger partial charge in [0.05, 0.1) is 11.0 Å². The Morgan fingerprint density at radius 1 is 1.24 bits per heavy atom. The van der Waals surface area contributed by atoms with Gasteiger partial charge in [-0.2, -0.15) is 0 Å². The third-order valence-corrected chi connectivity index (χ3v) is 4.32. The zero-order chi connectivity index (χ0) is 17.8. The summed E-state index contributed by atoms with van der Waals surface area (Å²) in [5.74, 6) is 1.53. The van der Waals surface area contributed by atoms with E-state index in [1.807, 2.05) is 18.2 Å². The zero-order valence-corrected chi connectivity index (χ0v) is 14.5. The first-order valence-electron chi connectivity index (χ1n) is 8.73. The number of nitrogens with zero attached hydrogens (tertiary/aromatic N) is 3. The van der Waals surface area contributed by atoms with E-state index in [0.717, 1.165) is 60.0 Å². The van der Waals surface area contributed by atoms with E-state index in [1.165, 1.54) is 0 Å². The number of imidazole rings is 1. The van der Waals surface area contributed by atoms with E-state index in [9.17, 15) is 0 Å². The maximum atomic E-state index is 7.27. The highest BCUT2D eigenvalue weighted by atomic mass is 15.1. The number of hydrogen-bond acceptors (Lipinski definition) is 4. The lowest BCUT2D eigenvalue weighted by atomic mass is 10.2. The molecule has 6 N–H and O–H groups in total. The summed E-state index contributed by atoms with van der Waals surface area (Å²) >= 11 is 0. The molecule has 1 aromatic carbocycles. The molecule has 2 heterocycles. The largest absolute Gasteiger partial charge is 0.382 e. The summed E-state index contributed by atoms with van der Waals surface area (Å²) in [4.78, 5) is 9.30. The molecule has 0 saturated heterocycles. The number of para-hydroxylation sites is 1. The zero-order valence-electron chi connectivity index (χ0n) is 14.5. The lowest BCUT2D eigenvalue weighted by Gasteiger charge is -2.11. The number of nitrogen functional groups attached to an aromatic ring is 1. The van der Waals surface area contributed by atoms with Crippen molar-refractivity contribution in [2.24, 2.45) is 5.73 Å². The molecule has 0 bridgehead atoms. The molecule has 0 aliphatic carbocycles. The van der Waals surface area contributed by atoms with Crippen LogP contribution in [0.25, 0.3) is 21.9 Å². The molecule has 3 aromatic rings. The van der Waals surface area contributed by atoms with Gasteiger partial charge in [0.15, 0.2) is 11.8 Å². The number of aromatic nitrogens is 3. The number of nitrogens with one attached hydrogen (secondary N) is 2. The highest BCUT2D eigenvalue weighted by molar-refractivity contribution is 6.06. The molecule has 25 heavy (non-hydrogen) atoms. The van der Waals surface area contributed by atoms with Crippen LogP contribution in [0.15, 0.2) is 24.3 Å². The Labute approximate surface area is 146 Å². The summed E-state index contributed by atoms with van der Waals surface area (Å²) in [6.07, 6.45) is 3.96. The highest BCUT2D eigenvalue weighted by Gasteiger charge is 2.16. The van der Waals surface area contributed by atoms with Gasteiger partial charge in [-0.15, -0.1) is 0 Å². The summed E-state index contributed by atoms with van der Waals surface area (Å²) in [5, 5.41) is 11.2. The molecular weight excluding hydrogens is 314 g/mol. The van der Waals surface area contributed by atoms with Crippen molar-refractivity contribution in [2.75, 3.05) is 12.3 Å². The molecule has 2 aromatic heterocycles. The monoisotopic (exact) mass is 339 g/mol. The van der Waals surface area contributed by atoms with Gasteiger partial charge in [0, 0.05) is 24.9 Å². The number of hydrogen-bond donors (Lipinski definition) is 4. The van der Waals surface area contributed by atoms with Crippen molar-refractivity contribution >= 4 is 33.7 Å². The Bertz CT molecular complexity index is 897. The molecule has 0 radical (unpaired) electrons. The quantitative estimate of drug-likeness (QED) is 0.299. The molecule has 0 saturated carbocycles. The minimum Gasteiger partial charge on any atom is -0.382 e. The van der Waals surface area contributed by atoms with Crippen LogP contribution in [-0.2, 0) is 13.0 Å². The number of aryl methyl sites for hydroxylation is 2. The molecule has 7 heteroatoms. The van der Waals surface area contributed by atoms with Gasteiger partial charge in [-0.25, -0.2) is 9.97 Å². The molecular formula is C18H25N7. The average molecular weight is 339 g/mol. The summed E-state index contributed by atoms with van der Waals surface area (Å²) in [6.45, 7) is 3.62. The van der Waals surface area contributed by atoms with Crippen molar-refractivity contribution in [1.29, 1.82) is 5.41 Å². The number of benzene rings is 1. The fraction of sp³-hybridized carbons (Fsp3) is 0.389. The van der Waals surface area contributed by atoms with Crippen molar-refractivity contribution in [3.05, 3.63) is 30.1 Å². The molecule has 7 nitrogen and oxygen atoms in total. The molecule has 3 rings (SSSR count). The Hall–Kier alpha value is -2.83. The standard InChI is InChI=1S/C18H25N7/c1-2-3-9-14-24-15-16(25(14)11-6-10-22-18(20)21)12-7-4-5-8-13(12)23-17(15)19/h4-5,7-8H,2-3,6,9-11H2,1H3,(H2,19,23)(H4,20,21,22). The van der Waals surface area contributed by atoms with E-state index in [0.29, 0.717) is 12.4 Å². The molecule has 0 spiro atoms. The number of fused-ring (bicyclic) bond motifs is 3. The van der Waals surface area contributed by atoms with Crippen molar-refractivity contribution in [1.82, 2.24) is 19.9 Å². The Kier molecular flexibility index (Phi) is 5.02. The van der Waals surface area contributed by atoms with Crippen LogP contribution in [0, 0.1) is 5.41 Å². The van der Waals surface area contributed by atoms with Crippen LogP contribution in [0.1, 0.15) is 32.0 Å². The lowest BCUT2D eigenvalue weighted by Crippen LogP contribution is -2.31. The number of nitrogens with two attached hydrogens (primary N) is 2. The van der Waals surface area contributed by atoms with Crippen molar-refractivity contribution < 1.29 is 0 Å². The second-order valence-corrected chi connectivity index (χ2v) is 6.19. The number of unbranched alkanes of at least 4 members (excludes halogenated alkanes) is 1. The van der Waals surface area contributed by atoms with Gasteiger partial charge in [-0.1, -0.05) is 31.5 Å². The van der Waals surface area contributed by atoms with Crippen LogP contribution in [0.2, 0.25) is 0 Å². The normalized spacial score (nSPS) is 11.2. The Morgan fingerprint density at radius 3 is 2.80 bits per heavy atom. The van der Waals surface area contributed by atoms with Crippen LogP contribution in [-0.4, -0.2) is 27.0 Å². The Balaban J connectivity index is 2.07. The first-order valence-corrected chi connectivity index (χ1v) is 8.73. The van der Waals surface area contributed by atoms with Crippen LogP contribution in [0.5, 0.6) is 0 Å². The third kappa shape index (κ3) is 3.50. The van der Waals surface area contributed by atoms with Crippen LogP contribution in [0.3, 0.4) is 0 Å². The minimum atomic E-state index is 0.000546. The summed E-state index contributed by atoms with van der Waals surface area (Å²) in [5.41, 5.74) is 14.3. The Morgan fingerprint density at radius 2 is 2.04 bits per heavy atom. The number of guanidine groups is 1. The van der Waals surface area contributed by atoms with Gasteiger partial charge in [0.1, 0.15) is 11.3 Å². The summed E-state index contributed by atoms with van der Waals surface area (Å²) < 4.78 is 2.26. The second kappa shape index (κ2) is 7.38. The van der Waals surface area contributed by atoms with E-state index >= 15 is 0 Å². The van der Waals surface area contributed by atoms with Crippen LogP contribution >= 0.6 is 0 Å². The van der Waals surface area contributed by atoms with Gasteiger partial charge in [0.2, 0.25) is 0 Å². The van der Waals surface area contributed by atoms with E-state index in [1.54, 1.807) is 0 Å². The van der Waals surface area contributed by atoms with E-state index < -0.39 is 0 Å². The molecule has 0 fully saturated rings. The molecule has 0 atom stereocenters. The summed E-state index contributed by atoms with van der Waals surface area (Å²) in [7, 11) is 0. The van der Waals surface area contributed by atoms with E-state index in [4.69, 9.17) is 21.9 Å². The molecule has 0 aliphatic rings. The van der Waals surface area contributed by atoms with Crippen LogP contribution in [0.4, 0.5) is 5.82 Å². The van der Waals surface area contributed by atoms with Gasteiger partial charge < -0.3 is 21.4 Å². The van der Waals surface area contributed by atoms with Crippen molar-refractivity contribution in [2.45, 2.75) is 39.2 Å². The van der Waals surface area contributed by atoms with Gasteiger partial charge in [-0.3, -0.25) is 5.41 Å². The first kappa shape index (κ1) is 17.0. The predicted molar refractivity (Wildman–Crippen MR) is 103 cm³/mol. The number of pyridine rings is 1. The fourth-order valence-electron chi connectivity index (χ4n) is 3.13. The number of anilines is 1. The fourth-order valence-corrected chi connectivity index (χ4v) is 3.13. The molecule has 0 amide bonds. The molecule has 0 aliphatic heterocycles. The minimum absolute atomic E-state index is 0.000546. The number of rotatable bonds is 7. The highest BCUT2D eigenvalue weighted by Crippen LogP contribution is 2.29. The first-order chi connectivity index (χ1) is 12.1. The lowest BCUT2D eigenvalue weighted by molar-refractivity contribution is 0.604. The van der Waals surface area contributed by atoms with Gasteiger partial charge >= 0.3 is 0 Å². The topological polar surface area (TPSA) is 119 Å². The van der Waals surface area contributed by atoms with Gasteiger partial charge in [-0.05, 0) is 18.9 Å². The molecule has 0 unspecified atom stereocenters. The van der Waals surface area contributed by atoms with Crippen molar-refractivity contribution in [3.8, 4) is 0 Å². The van der Waals surface area contributed by atoms with E-state index in [2.05, 4.69) is 27.9 Å². The molecule has 132 valence electrons. The van der Waals surface area contributed by atoms with E-state index in [-0.39, 0.29) is 5.96 Å². The maximum absolute atomic E-state index is 7.27. The van der Waals surface area contributed by atoms with Crippen molar-refractivity contribution in [3.63, 3.8) is 0 Å². The third-order valence-electron chi connectivity index (χ3n) is 4.32. The SMILES string of the molecule is CCCCc1nc2c(N)nc3ccccc3c2n1CCCNC(=N)N. The van der Waals surface area contributed by atoms with Crippen LogP contribution < -0.4 is 16.8 Å². The maximum Gasteiger partial charge on any atom is 0.185 e. The van der Waals surface area contributed by atoms with Gasteiger partial charge in [0.25, 0.3) is 0 Å². The average Bonchev–Trinajstić information content (AvgIpc) is 2.96. The smallest absolute Gasteiger partial charge is 0.185 e.